The fourth-order valence-electron chi connectivity index (χ4n) is 2.39. The molecule has 1 fully saturated rings. The van der Waals surface area contributed by atoms with E-state index in [-0.39, 0.29) is 5.60 Å². The number of nitrogens with zero attached hydrogens (tertiary/aromatic N) is 1. The number of hydrogen-bond donors (Lipinski definition) is 2. The summed E-state index contributed by atoms with van der Waals surface area (Å²) in [6.45, 7) is 4.39. The van der Waals surface area contributed by atoms with Crippen LogP contribution in [0.15, 0.2) is 12.3 Å². The Balaban J connectivity index is 2.40. The molecule has 1 aliphatic heterocycles. The lowest BCUT2D eigenvalue weighted by molar-refractivity contribution is -0.147. The molecule has 0 aliphatic carbocycles. The highest BCUT2D eigenvalue weighted by molar-refractivity contribution is 6.30. The van der Waals surface area contributed by atoms with Gasteiger partial charge in [0.25, 0.3) is 0 Å². The van der Waals surface area contributed by atoms with Gasteiger partial charge in [0.2, 0.25) is 0 Å². The smallest absolute Gasteiger partial charge is 0.129 e. The van der Waals surface area contributed by atoms with Crippen LogP contribution in [0.4, 0.5) is 5.82 Å². The Morgan fingerprint density at radius 1 is 1.53 bits per heavy atom. The van der Waals surface area contributed by atoms with Gasteiger partial charge in [-0.3, -0.25) is 0 Å². The van der Waals surface area contributed by atoms with E-state index in [1.54, 1.807) is 6.07 Å². The molecule has 3 N–H and O–H groups in total. The van der Waals surface area contributed by atoms with Crippen LogP contribution in [0.3, 0.4) is 0 Å². The molecule has 94 valence electrons. The summed E-state index contributed by atoms with van der Waals surface area (Å²) >= 11 is 5.91. The monoisotopic (exact) mass is 256 g/mol. The van der Waals surface area contributed by atoms with Crippen LogP contribution < -0.4 is 5.73 Å². The van der Waals surface area contributed by atoms with E-state index in [4.69, 9.17) is 22.1 Å². The van der Waals surface area contributed by atoms with Gasteiger partial charge < -0.3 is 15.6 Å². The van der Waals surface area contributed by atoms with Crippen molar-refractivity contribution in [3.05, 3.63) is 22.8 Å². The second-order valence-electron chi connectivity index (χ2n) is 5.15. The van der Waals surface area contributed by atoms with E-state index in [9.17, 15) is 5.11 Å². The Hall–Kier alpha value is -0.840. The van der Waals surface area contributed by atoms with E-state index in [1.807, 2.05) is 13.8 Å². The first-order chi connectivity index (χ1) is 7.82. The molecule has 0 bridgehead atoms. The van der Waals surface area contributed by atoms with Crippen LogP contribution in [-0.4, -0.2) is 22.3 Å². The molecule has 17 heavy (non-hydrogen) atoms. The van der Waals surface area contributed by atoms with E-state index >= 15 is 0 Å². The van der Waals surface area contributed by atoms with Crippen LogP contribution in [0.1, 0.15) is 32.3 Å². The van der Waals surface area contributed by atoms with Crippen LogP contribution in [-0.2, 0) is 10.3 Å². The summed E-state index contributed by atoms with van der Waals surface area (Å²) in [5.41, 5.74) is 5.04. The summed E-state index contributed by atoms with van der Waals surface area (Å²) in [5, 5.41) is 11.2. The van der Waals surface area contributed by atoms with Gasteiger partial charge in [0.05, 0.1) is 22.8 Å². The number of aliphatic hydroxyl groups is 1. The number of halogens is 1. The lowest BCUT2D eigenvalue weighted by Crippen LogP contribution is -2.44. The number of hydrogen-bond acceptors (Lipinski definition) is 4. The van der Waals surface area contributed by atoms with Crippen molar-refractivity contribution in [3.8, 4) is 0 Å². The summed E-state index contributed by atoms with van der Waals surface area (Å²) in [6, 6.07) is 1.69. The standard InChI is InChI=1S/C12H17ClN2O2/c1-11(2)7-12(16,3-4-17-11)9-5-8(13)6-15-10(9)14/h5-6,16H,3-4,7H2,1-2H3,(H2,14,15). The number of aromatic nitrogens is 1. The molecule has 2 rings (SSSR count). The molecule has 1 unspecified atom stereocenters. The first-order valence-corrected chi connectivity index (χ1v) is 5.98. The Kier molecular flexibility index (Phi) is 3.06. The predicted octanol–water partition coefficient (Wildman–Crippen LogP) is 2.09. The Labute approximate surface area is 106 Å². The zero-order valence-corrected chi connectivity index (χ0v) is 10.8. The number of anilines is 1. The number of nitrogens with two attached hydrogens (primary N) is 1. The summed E-state index contributed by atoms with van der Waals surface area (Å²) in [7, 11) is 0. The number of rotatable bonds is 1. The minimum absolute atomic E-state index is 0.328. The molecule has 1 aromatic rings. The third-order valence-corrected chi connectivity index (χ3v) is 3.32. The van der Waals surface area contributed by atoms with Crippen molar-refractivity contribution in [1.29, 1.82) is 0 Å². The SMILES string of the molecule is CC1(C)CC(O)(c2cc(Cl)cnc2N)CCO1. The third kappa shape index (κ3) is 2.54. The lowest BCUT2D eigenvalue weighted by Gasteiger charge is -2.42. The van der Waals surface area contributed by atoms with E-state index in [0.717, 1.165) is 0 Å². The van der Waals surface area contributed by atoms with Crippen LogP contribution in [0.2, 0.25) is 5.02 Å². The van der Waals surface area contributed by atoms with Crippen LogP contribution in [0.25, 0.3) is 0 Å². The van der Waals surface area contributed by atoms with Crippen LogP contribution in [0.5, 0.6) is 0 Å². The Morgan fingerprint density at radius 2 is 2.24 bits per heavy atom. The summed E-state index contributed by atoms with van der Waals surface area (Å²) in [5.74, 6) is 0.328. The minimum Gasteiger partial charge on any atom is -0.385 e. The second-order valence-corrected chi connectivity index (χ2v) is 5.59. The topological polar surface area (TPSA) is 68.4 Å². The Bertz CT molecular complexity index is 437. The highest BCUT2D eigenvalue weighted by Gasteiger charge is 2.42. The molecule has 1 saturated heterocycles. The summed E-state index contributed by atoms with van der Waals surface area (Å²) < 4.78 is 5.60. The van der Waals surface area contributed by atoms with Gasteiger partial charge in [-0.15, -0.1) is 0 Å². The predicted molar refractivity (Wildman–Crippen MR) is 66.8 cm³/mol. The van der Waals surface area contributed by atoms with Gasteiger partial charge in [0.15, 0.2) is 0 Å². The van der Waals surface area contributed by atoms with Crippen molar-refractivity contribution in [3.63, 3.8) is 0 Å². The maximum absolute atomic E-state index is 10.7. The van der Waals surface area contributed by atoms with E-state index in [0.29, 0.717) is 35.9 Å². The normalized spacial score (nSPS) is 28.0. The second kappa shape index (κ2) is 4.12. The number of nitrogen functional groups attached to an aromatic ring is 1. The fourth-order valence-corrected chi connectivity index (χ4v) is 2.55. The lowest BCUT2D eigenvalue weighted by atomic mass is 9.79. The molecule has 2 heterocycles. The highest BCUT2D eigenvalue weighted by atomic mass is 35.5. The van der Waals surface area contributed by atoms with E-state index in [2.05, 4.69) is 4.98 Å². The molecule has 1 aliphatic rings. The average Bonchev–Trinajstić information content (AvgIpc) is 2.19. The molecule has 0 aromatic carbocycles. The van der Waals surface area contributed by atoms with E-state index in [1.165, 1.54) is 6.20 Å². The first-order valence-electron chi connectivity index (χ1n) is 5.60. The zero-order chi connectivity index (χ0) is 12.7. The number of pyridine rings is 1. The van der Waals surface area contributed by atoms with Crippen molar-refractivity contribution >= 4 is 17.4 Å². The largest absolute Gasteiger partial charge is 0.385 e. The molecule has 4 nitrogen and oxygen atoms in total. The van der Waals surface area contributed by atoms with Crippen molar-refractivity contribution in [1.82, 2.24) is 4.98 Å². The molecule has 0 amide bonds. The average molecular weight is 257 g/mol. The van der Waals surface area contributed by atoms with Crippen LogP contribution in [0, 0.1) is 0 Å². The van der Waals surface area contributed by atoms with Crippen LogP contribution >= 0.6 is 11.6 Å². The van der Waals surface area contributed by atoms with Gasteiger partial charge in [0, 0.05) is 24.6 Å². The van der Waals surface area contributed by atoms with Gasteiger partial charge in [0.1, 0.15) is 5.82 Å². The minimum atomic E-state index is -1.01. The van der Waals surface area contributed by atoms with Gasteiger partial charge in [-0.1, -0.05) is 11.6 Å². The molecule has 0 saturated carbocycles. The third-order valence-electron chi connectivity index (χ3n) is 3.11. The van der Waals surface area contributed by atoms with Gasteiger partial charge in [-0.05, 0) is 19.9 Å². The zero-order valence-electron chi connectivity index (χ0n) is 10.0. The molecular formula is C12H17ClN2O2. The highest BCUT2D eigenvalue weighted by Crippen LogP contribution is 2.41. The van der Waals surface area contributed by atoms with Crippen molar-refractivity contribution in [2.45, 2.75) is 37.9 Å². The maximum Gasteiger partial charge on any atom is 0.129 e. The van der Waals surface area contributed by atoms with Crippen molar-refractivity contribution in [2.24, 2.45) is 0 Å². The molecule has 0 spiro atoms. The molecule has 5 heteroatoms. The van der Waals surface area contributed by atoms with Gasteiger partial charge in [-0.25, -0.2) is 4.98 Å². The molecule has 1 aromatic heterocycles. The molecule has 0 radical (unpaired) electrons. The molecule has 1 atom stereocenters. The molecular weight excluding hydrogens is 240 g/mol. The Morgan fingerprint density at radius 3 is 2.88 bits per heavy atom. The summed E-state index contributed by atoms with van der Waals surface area (Å²) in [6.07, 6.45) is 2.46. The quantitative estimate of drug-likeness (QED) is 0.807. The van der Waals surface area contributed by atoms with Crippen molar-refractivity contribution in [2.75, 3.05) is 12.3 Å². The first kappa shape index (κ1) is 12.6. The fraction of sp³-hybridized carbons (Fsp3) is 0.583. The van der Waals surface area contributed by atoms with Crippen molar-refractivity contribution < 1.29 is 9.84 Å². The maximum atomic E-state index is 10.7. The van der Waals surface area contributed by atoms with Gasteiger partial charge >= 0.3 is 0 Å². The number of ether oxygens (including phenoxy) is 1. The van der Waals surface area contributed by atoms with Gasteiger partial charge in [-0.2, -0.15) is 0 Å². The van der Waals surface area contributed by atoms with E-state index < -0.39 is 5.60 Å². The summed E-state index contributed by atoms with van der Waals surface area (Å²) in [4.78, 5) is 3.99.